The summed E-state index contributed by atoms with van der Waals surface area (Å²) in [5.74, 6) is 0.901. The lowest BCUT2D eigenvalue weighted by Gasteiger charge is -2.09. The minimum Gasteiger partial charge on any atom is -0.483 e. The van der Waals surface area contributed by atoms with Crippen molar-refractivity contribution in [2.45, 2.75) is 6.92 Å². The van der Waals surface area contributed by atoms with E-state index in [-0.39, 0.29) is 12.5 Å². The van der Waals surface area contributed by atoms with Crippen LogP contribution < -0.4 is 10.1 Å². The third-order valence-electron chi connectivity index (χ3n) is 3.11. The van der Waals surface area contributed by atoms with Gasteiger partial charge in [-0.25, -0.2) is 15.0 Å². The highest BCUT2D eigenvalue weighted by molar-refractivity contribution is 5.91. The van der Waals surface area contributed by atoms with Gasteiger partial charge in [0.05, 0.1) is 18.1 Å². The number of benzene rings is 1. The number of nitrogens with one attached hydrogen (secondary N) is 1. The Morgan fingerprint density at radius 2 is 2.04 bits per heavy atom. The highest BCUT2D eigenvalue weighted by atomic mass is 16.5. The van der Waals surface area contributed by atoms with E-state index in [9.17, 15) is 4.79 Å². The lowest BCUT2D eigenvalue weighted by atomic mass is 10.2. The normalized spacial score (nSPS) is 10.3. The zero-order valence-corrected chi connectivity index (χ0v) is 12.5. The van der Waals surface area contributed by atoms with Crippen LogP contribution in [0.1, 0.15) is 5.56 Å². The van der Waals surface area contributed by atoms with E-state index in [0.29, 0.717) is 17.4 Å². The van der Waals surface area contributed by atoms with Crippen molar-refractivity contribution in [1.82, 2.24) is 19.5 Å². The van der Waals surface area contributed by atoms with Gasteiger partial charge >= 0.3 is 0 Å². The maximum absolute atomic E-state index is 11.9. The van der Waals surface area contributed by atoms with Gasteiger partial charge in [0.1, 0.15) is 12.1 Å². The lowest BCUT2D eigenvalue weighted by molar-refractivity contribution is -0.118. The van der Waals surface area contributed by atoms with Gasteiger partial charge in [-0.3, -0.25) is 9.36 Å². The van der Waals surface area contributed by atoms with Crippen molar-refractivity contribution in [2.24, 2.45) is 0 Å². The number of hydrogen-bond acceptors (Lipinski definition) is 5. The Labute approximate surface area is 133 Å². The second kappa shape index (κ2) is 6.69. The van der Waals surface area contributed by atoms with Gasteiger partial charge in [0.15, 0.2) is 6.61 Å². The van der Waals surface area contributed by atoms with E-state index in [0.717, 1.165) is 5.56 Å². The van der Waals surface area contributed by atoms with Crippen LogP contribution in [-0.4, -0.2) is 32.0 Å². The Morgan fingerprint density at radius 1 is 1.26 bits per heavy atom. The monoisotopic (exact) mass is 309 g/mol. The molecule has 0 aliphatic rings. The molecule has 2 heterocycles. The van der Waals surface area contributed by atoms with E-state index in [2.05, 4.69) is 20.3 Å². The van der Waals surface area contributed by atoms with Crippen molar-refractivity contribution >= 4 is 11.6 Å². The quantitative estimate of drug-likeness (QED) is 0.779. The second-order valence-electron chi connectivity index (χ2n) is 4.84. The third-order valence-corrected chi connectivity index (χ3v) is 3.11. The second-order valence-corrected chi connectivity index (χ2v) is 4.84. The molecule has 0 aliphatic carbocycles. The van der Waals surface area contributed by atoms with Gasteiger partial charge in [0, 0.05) is 12.4 Å². The van der Waals surface area contributed by atoms with Crippen LogP contribution in [0.5, 0.6) is 5.75 Å². The molecule has 0 unspecified atom stereocenters. The number of amides is 1. The summed E-state index contributed by atoms with van der Waals surface area (Å²) in [6, 6.07) is 7.53. The summed E-state index contributed by atoms with van der Waals surface area (Å²) in [6.07, 6.45) is 8.05. The van der Waals surface area contributed by atoms with Crippen LogP contribution in [0, 0.1) is 6.92 Å². The Kier molecular flexibility index (Phi) is 4.28. The maximum Gasteiger partial charge on any atom is 0.262 e. The van der Waals surface area contributed by atoms with E-state index in [4.69, 9.17) is 4.74 Å². The SMILES string of the molecule is Cc1ccccc1OCC(=O)Nc1cnc(-n2ccnc2)nc1. The molecule has 3 aromatic rings. The molecule has 116 valence electrons. The summed E-state index contributed by atoms with van der Waals surface area (Å²) < 4.78 is 7.16. The average Bonchev–Trinajstić information content (AvgIpc) is 3.09. The smallest absolute Gasteiger partial charge is 0.262 e. The molecule has 3 rings (SSSR count). The largest absolute Gasteiger partial charge is 0.483 e. The molecule has 7 heteroatoms. The molecule has 0 bridgehead atoms. The van der Waals surface area contributed by atoms with E-state index in [1.807, 2.05) is 31.2 Å². The summed E-state index contributed by atoms with van der Waals surface area (Å²) in [7, 11) is 0. The number of aromatic nitrogens is 4. The van der Waals surface area contributed by atoms with Gasteiger partial charge in [-0.2, -0.15) is 0 Å². The number of ether oxygens (including phenoxy) is 1. The summed E-state index contributed by atoms with van der Waals surface area (Å²) in [4.78, 5) is 24.2. The Bertz CT molecular complexity index is 784. The van der Waals surface area contributed by atoms with Crippen LogP contribution in [0.4, 0.5) is 5.69 Å². The van der Waals surface area contributed by atoms with Gasteiger partial charge in [0.25, 0.3) is 5.91 Å². The van der Waals surface area contributed by atoms with Crippen molar-refractivity contribution in [3.05, 3.63) is 60.9 Å². The van der Waals surface area contributed by atoms with Crippen LogP contribution in [0.15, 0.2) is 55.4 Å². The highest BCUT2D eigenvalue weighted by Gasteiger charge is 2.06. The molecule has 0 saturated heterocycles. The average molecular weight is 309 g/mol. The number of anilines is 1. The predicted octanol–water partition coefficient (Wildman–Crippen LogP) is 1.99. The molecule has 23 heavy (non-hydrogen) atoms. The standard InChI is InChI=1S/C16H15N5O2/c1-12-4-2-3-5-14(12)23-10-15(22)20-13-8-18-16(19-9-13)21-7-6-17-11-21/h2-9,11H,10H2,1H3,(H,20,22). The Hall–Kier alpha value is -3.22. The fourth-order valence-corrected chi connectivity index (χ4v) is 1.96. The molecule has 0 saturated carbocycles. The first-order valence-corrected chi connectivity index (χ1v) is 7.01. The Morgan fingerprint density at radius 3 is 2.74 bits per heavy atom. The zero-order valence-electron chi connectivity index (χ0n) is 12.5. The van der Waals surface area contributed by atoms with E-state index >= 15 is 0 Å². The van der Waals surface area contributed by atoms with Crippen molar-refractivity contribution in [1.29, 1.82) is 0 Å². The predicted molar refractivity (Wildman–Crippen MR) is 84.5 cm³/mol. The summed E-state index contributed by atoms with van der Waals surface area (Å²) >= 11 is 0. The molecule has 0 aliphatic heterocycles. The van der Waals surface area contributed by atoms with Crippen LogP contribution >= 0.6 is 0 Å². The molecule has 1 amide bonds. The number of aryl methyl sites for hydroxylation is 1. The Balaban J connectivity index is 1.57. The van der Waals surface area contributed by atoms with Gasteiger partial charge in [-0.05, 0) is 18.6 Å². The minimum absolute atomic E-state index is 0.0753. The molecule has 7 nitrogen and oxygen atoms in total. The van der Waals surface area contributed by atoms with E-state index < -0.39 is 0 Å². The molecular formula is C16H15N5O2. The van der Waals surface area contributed by atoms with Crippen molar-refractivity contribution in [3.63, 3.8) is 0 Å². The zero-order chi connectivity index (χ0) is 16.1. The summed E-state index contributed by atoms with van der Waals surface area (Å²) in [5.41, 5.74) is 1.49. The lowest BCUT2D eigenvalue weighted by Crippen LogP contribution is -2.20. The van der Waals surface area contributed by atoms with Crippen molar-refractivity contribution in [2.75, 3.05) is 11.9 Å². The first kappa shape index (κ1) is 14.7. The number of nitrogens with zero attached hydrogens (tertiary/aromatic N) is 4. The van der Waals surface area contributed by atoms with Crippen LogP contribution in [0.2, 0.25) is 0 Å². The van der Waals surface area contributed by atoms with Crippen LogP contribution in [0.25, 0.3) is 5.95 Å². The van der Waals surface area contributed by atoms with Crippen molar-refractivity contribution in [3.8, 4) is 11.7 Å². The first-order valence-electron chi connectivity index (χ1n) is 7.01. The number of carbonyl (C=O) groups excluding carboxylic acids is 1. The number of carbonyl (C=O) groups is 1. The summed E-state index contributed by atoms with van der Waals surface area (Å²) in [6.45, 7) is 1.85. The molecule has 0 atom stereocenters. The van der Waals surface area contributed by atoms with E-state index in [1.165, 1.54) is 12.4 Å². The van der Waals surface area contributed by atoms with Gasteiger partial charge in [-0.15, -0.1) is 0 Å². The number of imidazole rings is 1. The molecular weight excluding hydrogens is 294 g/mol. The molecule has 1 N–H and O–H groups in total. The molecule has 0 radical (unpaired) electrons. The van der Waals surface area contributed by atoms with Crippen LogP contribution in [0.3, 0.4) is 0 Å². The number of hydrogen-bond donors (Lipinski definition) is 1. The van der Waals surface area contributed by atoms with Crippen LogP contribution in [-0.2, 0) is 4.79 Å². The number of rotatable bonds is 5. The molecule has 2 aromatic heterocycles. The summed E-state index contributed by atoms with van der Waals surface area (Å²) in [5, 5.41) is 2.69. The molecule has 0 spiro atoms. The fraction of sp³-hybridized carbons (Fsp3) is 0.125. The molecule has 0 fully saturated rings. The fourth-order valence-electron chi connectivity index (χ4n) is 1.96. The van der Waals surface area contributed by atoms with Gasteiger partial charge in [0.2, 0.25) is 5.95 Å². The van der Waals surface area contributed by atoms with Gasteiger partial charge in [-0.1, -0.05) is 18.2 Å². The third kappa shape index (κ3) is 3.70. The number of para-hydroxylation sites is 1. The molecule has 1 aromatic carbocycles. The van der Waals surface area contributed by atoms with E-state index in [1.54, 1.807) is 23.3 Å². The van der Waals surface area contributed by atoms with Gasteiger partial charge < -0.3 is 10.1 Å². The highest BCUT2D eigenvalue weighted by Crippen LogP contribution is 2.16. The maximum atomic E-state index is 11.9. The van der Waals surface area contributed by atoms with Crippen molar-refractivity contribution < 1.29 is 9.53 Å². The topological polar surface area (TPSA) is 81.9 Å². The minimum atomic E-state index is -0.271. The first-order chi connectivity index (χ1) is 11.2.